The molecule has 0 aromatic rings. The van der Waals surface area contributed by atoms with Crippen molar-refractivity contribution in [1.82, 2.24) is 0 Å². The summed E-state index contributed by atoms with van der Waals surface area (Å²) in [5, 5.41) is 0. The Hall–Kier alpha value is -0.760. The fourth-order valence-electron chi connectivity index (χ4n) is 0.432. The van der Waals surface area contributed by atoms with Gasteiger partial charge in [-0.15, -0.1) is 0 Å². The molecule has 0 aliphatic carbocycles. The molecule has 0 radical (unpaired) electrons. The third-order valence-corrected chi connectivity index (χ3v) is 0.860. The molecule has 0 heterocycles. The highest BCUT2D eigenvalue weighted by Crippen LogP contribution is 1.87. The van der Waals surface area contributed by atoms with Gasteiger partial charge in [0, 0.05) is 0 Å². The van der Waals surface area contributed by atoms with Crippen molar-refractivity contribution in [3.63, 3.8) is 0 Å². The molecule has 0 rings (SSSR count). The number of hydrogen-bond donors (Lipinski definition) is 1. The second-order valence-corrected chi connectivity index (χ2v) is 1.68. The molecule has 0 saturated carbocycles. The highest BCUT2D eigenvalue weighted by molar-refractivity contribution is 4.99. The van der Waals surface area contributed by atoms with Gasteiger partial charge in [-0.25, -0.2) is 0 Å². The maximum Gasteiger partial charge on any atom is 0.110 e. The summed E-state index contributed by atoms with van der Waals surface area (Å²) >= 11 is 0. The Morgan fingerprint density at radius 3 is 2.78 bits per heavy atom. The lowest BCUT2D eigenvalue weighted by atomic mass is 10.3. The minimum atomic E-state index is 1.11. The summed E-state index contributed by atoms with van der Waals surface area (Å²) in [6, 6.07) is 0. The summed E-state index contributed by atoms with van der Waals surface area (Å²) in [5.74, 6) is 4.72. The largest absolute Gasteiger partial charge is 0.419 e. The molecule has 0 aromatic heterocycles. The number of allylic oxidation sites excluding steroid dienone is 3. The van der Waals surface area contributed by atoms with Crippen molar-refractivity contribution in [2.45, 2.75) is 19.8 Å². The van der Waals surface area contributed by atoms with Gasteiger partial charge in [-0.1, -0.05) is 25.5 Å². The zero-order valence-corrected chi connectivity index (χ0v) is 5.71. The Morgan fingerprint density at radius 1 is 1.44 bits per heavy atom. The molecule has 0 spiro atoms. The maximum atomic E-state index is 4.72. The standard InChI is InChI=1S/C7H13NO/c1-2-3-4-5-6-7-9-8/h4-7H,2-3,8H2,1H3. The summed E-state index contributed by atoms with van der Waals surface area (Å²) in [4.78, 5) is 4.19. The van der Waals surface area contributed by atoms with E-state index in [1.54, 1.807) is 6.08 Å². The molecular formula is C7H13NO. The van der Waals surface area contributed by atoms with Gasteiger partial charge in [0.2, 0.25) is 0 Å². The van der Waals surface area contributed by atoms with Gasteiger partial charge in [-0.05, 0) is 12.5 Å². The molecule has 0 saturated heterocycles. The zero-order chi connectivity index (χ0) is 6.95. The topological polar surface area (TPSA) is 35.2 Å². The van der Waals surface area contributed by atoms with E-state index in [4.69, 9.17) is 5.90 Å². The first kappa shape index (κ1) is 8.24. The van der Waals surface area contributed by atoms with Crippen LogP contribution in [-0.4, -0.2) is 0 Å². The van der Waals surface area contributed by atoms with Crippen LogP contribution in [0.15, 0.2) is 24.5 Å². The van der Waals surface area contributed by atoms with Gasteiger partial charge >= 0.3 is 0 Å². The first-order valence-electron chi connectivity index (χ1n) is 3.09. The number of nitrogens with two attached hydrogens (primary N) is 1. The molecule has 2 heteroatoms. The van der Waals surface area contributed by atoms with Crippen molar-refractivity contribution in [3.05, 3.63) is 24.5 Å². The van der Waals surface area contributed by atoms with Crippen molar-refractivity contribution >= 4 is 0 Å². The van der Waals surface area contributed by atoms with Crippen molar-refractivity contribution in [3.8, 4) is 0 Å². The van der Waals surface area contributed by atoms with Crippen LogP contribution in [0.25, 0.3) is 0 Å². The number of rotatable bonds is 4. The SMILES string of the molecule is CCCC=CC=CON. The van der Waals surface area contributed by atoms with Crippen molar-refractivity contribution in [1.29, 1.82) is 0 Å². The predicted octanol–water partition coefficient (Wildman–Crippen LogP) is 1.75. The van der Waals surface area contributed by atoms with Crippen molar-refractivity contribution in [2.75, 3.05) is 0 Å². The molecule has 2 N–H and O–H groups in total. The minimum absolute atomic E-state index is 1.11. The normalized spacial score (nSPS) is 11.3. The Morgan fingerprint density at radius 2 is 2.22 bits per heavy atom. The van der Waals surface area contributed by atoms with Gasteiger partial charge in [0.1, 0.15) is 6.26 Å². The smallest absolute Gasteiger partial charge is 0.110 e. The van der Waals surface area contributed by atoms with Crippen LogP contribution < -0.4 is 5.90 Å². The number of unbranched alkanes of at least 4 members (excludes halogenated alkanes) is 1. The van der Waals surface area contributed by atoms with Crippen LogP contribution in [0.2, 0.25) is 0 Å². The van der Waals surface area contributed by atoms with E-state index >= 15 is 0 Å². The van der Waals surface area contributed by atoms with Gasteiger partial charge in [0.05, 0.1) is 0 Å². The van der Waals surface area contributed by atoms with E-state index in [-0.39, 0.29) is 0 Å². The van der Waals surface area contributed by atoms with E-state index in [1.165, 1.54) is 12.7 Å². The summed E-state index contributed by atoms with van der Waals surface area (Å²) in [5.41, 5.74) is 0. The molecule has 9 heavy (non-hydrogen) atoms. The summed E-state index contributed by atoms with van der Waals surface area (Å²) < 4.78 is 0. The van der Waals surface area contributed by atoms with Crippen LogP contribution in [-0.2, 0) is 4.84 Å². The van der Waals surface area contributed by atoms with E-state index in [0.717, 1.165) is 6.42 Å². The van der Waals surface area contributed by atoms with Crippen LogP contribution in [0.3, 0.4) is 0 Å². The monoisotopic (exact) mass is 127 g/mol. The average Bonchev–Trinajstić information content (AvgIpc) is 1.89. The molecule has 0 atom stereocenters. The van der Waals surface area contributed by atoms with Crippen LogP contribution in [0.5, 0.6) is 0 Å². The quantitative estimate of drug-likeness (QED) is 0.354. The molecule has 0 aliphatic heterocycles. The fraction of sp³-hybridized carbons (Fsp3) is 0.429. The lowest BCUT2D eigenvalue weighted by Crippen LogP contribution is -1.86. The van der Waals surface area contributed by atoms with Gasteiger partial charge < -0.3 is 4.84 Å². The van der Waals surface area contributed by atoms with Gasteiger partial charge in [0.25, 0.3) is 0 Å². The molecule has 0 amide bonds. The number of hydrogen-bond acceptors (Lipinski definition) is 2. The average molecular weight is 127 g/mol. The molecule has 2 nitrogen and oxygen atoms in total. The fourth-order valence-corrected chi connectivity index (χ4v) is 0.432. The molecule has 0 unspecified atom stereocenters. The third-order valence-electron chi connectivity index (χ3n) is 0.860. The Bertz CT molecular complexity index is 97.1. The molecular weight excluding hydrogens is 114 g/mol. The van der Waals surface area contributed by atoms with E-state index in [0.29, 0.717) is 0 Å². The van der Waals surface area contributed by atoms with E-state index < -0.39 is 0 Å². The van der Waals surface area contributed by atoms with Crippen molar-refractivity contribution in [2.24, 2.45) is 5.90 Å². The summed E-state index contributed by atoms with van der Waals surface area (Å²) in [7, 11) is 0. The van der Waals surface area contributed by atoms with E-state index in [9.17, 15) is 0 Å². The zero-order valence-electron chi connectivity index (χ0n) is 5.71. The minimum Gasteiger partial charge on any atom is -0.419 e. The van der Waals surface area contributed by atoms with Crippen molar-refractivity contribution < 1.29 is 4.84 Å². The lowest BCUT2D eigenvalue weighted by molar-refractivity contribution is 0.261. The van der Waals surface area contributed by atoms with Gasteiger partial charge in [-0.2, -0.15) is 5.90 Å². The first-order valence-corrected chi connectivity index (χ1v) is 3.09. The molecule has 0 fully saturated rings. The van der Waals surface area contributed by atoms with Crippen LogP contribution in [0.1, 0.15) is 19.8 Å². The maximum absolute atomic E-state index is 4.72. The Labute approximate surface area is 56.0 Å². The lowest BCUT2D eigenvalue weighted by Gasteiger charge is -1.81. The first-order chi connectivity index (χ1) is 4.41. The van der Waals surface area contributed by atoms with Gasteiger partial charge in [-0.3, -0.25) is 0 Å². The molecule has 0 bridgehead atoms. The van der Waals surface area contributed by atoms with Gasteiger partial charge in [0.15, 0.2) is 0 Å². The molecule has 0 aliphatic rings. The summed E-state index contributed by atoms with van der Waals surface area (Å²) in [6.07, 6.45) is 9.45. The third kappa shape index (κ3) is 7.24. The Balaban J connectivity index is 3.13. The Kier molecular flexibility index (Phi) is 6.63. The van der Waals surface area contributed by atoms with E-state index in [1.807, 2.05) is 6.08 Å². The van der Waals surface area contributed by atoms with Crippen LogP contribution >= 0.6 is 0 Å². The molecule has 52 valence electrons. The van der Waals surface area contributed by atoms with Crippen LogP contribution in [0.4, 0.5) is 0 Å². The highest BCUT2D eigenvalue weighted by Gasteiger charge is 1.68. The van der Waals surface area contributed by atoms with E-state index in [2.05, 4.69) is 17.8 Å². The molecule has 0 aromatic carbocycles. The van der Waals surface area contributed by atoms with Crippen LogP contribution in [0, 0.1) is 0 Å². The second kappa shape index (κ2) is 7.24. The highest BCUT2D eigenvalue weighted by atomic mass is 16.6. The summed E-state index contributed by atoms with van der Waals surface area (Å²) in [6.45, 7) is 2.13. The second-order valence-electron chi connectivity index (χ2n) is 1.68. The predicted molar refractivity (Wildman–Crippen MR) is 38.5 cm³/mol.